The second-order valence-electron chi connectivity index (χ2n) is 2.50. The maximum absolute atomic E-state index is 4.64. The zero-order chi connectivity index (χ0) is 12.5. The van der Waals surface area contributed by atoms with Gasteiger partial charge in [0.15, 0.2) is 0 Å². The van der Waals surface area contributed by atoms with E-state index in [1.165, 1.54) is 19.4 Å². The number of allylic oxidation sites excluding steroid dienone is 1. The molecule has 0 spiro atoms. The Morgan fingerprint density at radius 3 is 1.00 bits per heavy atom. The Bertz CT molecular complexity index is 82.1. The van der Waals surface area contributed by atoms with Gasteiger partial charge in [-0.05, 0) is 64.2 Å². The van der Waals surface area contributed by atoms with Crippen molar-refractivity contribution in [2.24, 2.45) is 0 Å². The van der Waals surface area contributed by atoms with Gasteiger partial charge >= 0.3 is 28.7 Å². The molecule has 0 saturated heterocycles. The Morgan fingerprint density at radius 2 is 0.938 bits per heavy atom. The summed E-state index contributed by atoms with van der Waals surface area (Å²) in [5.41, 5.74) is 0. The van der Waals surface area contributed by atoms with Gasteiger partial charge < -0.3 is 6.92 Å². The van der Waals surface area contributed by atoms with E-state index in [0.29, 0.717) is 0 Å². The van der Waals surface area contributed by atoms with Gasteiger partial charge in [0.05, 0.1) is 0 Å². The molecule has 0 amide bonds. The Hall–Kier alpha value is 0.744. The quantitative estimate of drug-likeness (QED) is 0.381. The van der Waals surface area contributed by atoms with E-state index in [4.69, 9.17) is 0 Å². The fourth-order valence-corrected chi connectivity index (χ4v) is 0.642. The molecule has 0 N–H and O–H groups in total. The molecular formula is C14H17ClTi. The van der Waals surface area contributed by atoms with E-state index in [0.717, 1.165) is 6.42 Å². The molecule has 2 aliphatic rings. The summed E-state index contributed by atoms with van der Waals surface area (Å²) in [5.74, 6) is 0. The molecule has 2 rings (SSSR count). The van der Waals surface area contributed by atoms with Crippen LogP contribution in [0.3, 0.4) is 0 Å². The van der Waals surface area contributed by atoms with E-state index < -0.39 is 0 Å². The number of hydrogen-bond donors (Lipinski definition) is 0. The third kappa shape index (κ3) is 20.2. The summed E-state index contributed by atoms with van der Waals surface area (Å²) in [5, 5.41) is 0. The molecule has 2 fully saturated rings. The Labute approximate surface area is 119 Å². The van der Waals surface area contributed by atoms with Crippen LogP contribution in [0.25, 0.3) is 0 Å². The fraction of sp³-hybridized carbons (Fsp3) is 0.0714. The normalized spacial score (nSPS) is 16.8. The van der Waals surface area contributed by atoms with Crippen molar-refractivity contribution in [2.45, 2.75) is 6.42 Å². The van der Waals surface area contributed by atoms with Crippen molar-refractivity contribution in [2.75, 3.05) is 0 Å². The van der Waals surface area contributed by atoms with Crippen molar-refractivity contribution in [1.82, 2.24) is 0 Å². The standard InChI is InChI=1S/2C5H5.C4H7.ClH.Ti/c2*1-2-4-5-3-1;1-3-4-2;;/h2*1-5H;3H,1-2,4H2;1H;/q;;-1;;+2/p-1. The van der Waals surface area contributed by atoms with E-state index >= 15 is 0 Å². The first-order valence-corrected chi connectivity index (χ1v) is 6.99. The first-order valence-electron chi connectivity index (χ1n) is 4.84. The zero-order valence-corrected chi connectivity index (χ0v) is 11.7. The van der Waals surface area contributed by atoms with Crippen molar-refractivity contribution >= 4 is 9.30 Å². The van der Waals surface area contributed by atoms with E-state index in [-0.39, 0.29) is 0 Å². The third-order valence-corrected chi connectivity index (χ3v) is 1.32. The van der Waals surface area contributed by atoms with Crippen LogP contribution in [-0.2, 0) is 19.4 Å². The SMILES string of the molecule is C=CC[CH2-].[CH]1[CH][CH][CH][CH]1.[CH]1[CH][CH][CH][CH]1.[Cl][Ti+]. The molecule has 0 aromatic heterocycles. The van der Waals surface area contributed by atoms with Crippen LogP contribution in [0, 0.1) is 71.1 Å². The van der Waals surface area contributed by atoms with Crippen LogP contribution in [-0.4, -0.2) is 0 Å². The fourth-order valence-electron chi connectivity index (χ4n) is 0.642. The summed E-state index contributed by atoms with van der Waals surface area (Å²) >= 11 is 1.47. The second-order valence-corrected chi connectivity index (χ2v) is 2.50. The van der Waals surface area contributed by atoms with Crippen LogP contribution in [0.4, 0.5) is 0 Å². The van der Waals surface area contributed by atoms with E-state index in [9.17, 15) is 0 Å². The van der Waals surface area contributed by atoms with Gasteiger partial charge in [-0.3, -0.25) is 0 Å². The summed E-state index contributed by atoms with van der Waals surface area (Å²) in [7, 11) is 4.64. The van der Waals surface area contributed by atoms with Gasteiger partial charge in [-0.2, -0.15) is 6.42 Å². The summed E-state index contributed by atoms with van der Waals surface area (Å²) in [4.78, 5) is 0. The zero-order valence-electron chi connectivity index (χ0n) is 9.35. The molecular weight excluding hydrogens is 251 g/mol. The molecule has 2 aliphatic carbocycles. The number of halogens is 1. The molecule has 0 atom stereocenters. The monoisotopic (exact) mass is 268 g/mol. The van der Waals surface area contributed by atoms with Gasteiger partial charge in [0.2, 0.25) is 0 Å². The van der Waals surface area contributed by atoms with Gasteiger partial charge in [-0.25, -0.2) is 0 Å². The van der Waals surface area contributed by atoms with Gasteiger partial charge in [-0.1, -0.05) is 0 Å². The van der Waals surface area contributed by atoms with Crippen LogP contribution in [0.1, 0.15) is 6.42 Å². The molecule has 0 nitrogen and oxygen atoms in total. The van der Waals surface area contributed by atoms with Crippen molar-refractivity contribution in [3.05, 3.63) is 83.8 Å². The van der Waals surface area contributed by atoms with E-state index in [1.54, 1.807) is 6.08 Å². The minimum absolute atomic E-state index is 0.833. The van der Waals surface area contributed by atoms with Crippen molar-refractivity contribution in [3.63, 3.8) is 0 Å². The molecule has 2 heteroatoms. The predicted octanol–water partition coefficient (Wildman–Crippen LogP) is 4.13. The molecule has 0 unspecified atom stereocenters. The molecule has 0 aliphatic heterocycles. The third-order valence-electron chi connectivity index (χ3n) is 1.32. The molecule has 0 heterocycles. The van der Waals surface area contributed by atoms with Crippen molar-refractivity contribution in [1.29, 1.82) is 0 Å². The Balaban J connectivity index is 0. The van der Waals surface area contributed by atoms with Crippen molar-refractivity contribution < 1.29 is 19.4 Å². The summed E-state index contributed by atoms with van der Waals surface area (Å²) in [6.07, 6.45) is 22.6. The minimum atomic E-state index is 0.833. The molecule has 16 heavy (non-hydrogen) atoms. The molecule has 84 valence electrons. The Morgan fingerprint density at radius 1 is 0.812 bits per heavy atom. The van der Waals surface area contributed by atoms with Crippen molar-refractivity contribution in [3.8, 4) is 0 Å². The van der Waals surface area contributed by atoms with Crippen LogP contribution in [0.2, 0.25) is 0 Å². The van der Waals surface area contributed by atoms with E-state index in [2.05, 4.69) is 22.8 Å². The summed E-state index contributed by atoms with van der Waals surface area (Å²) < 4.78 is 0. The molecule has 0 aromatic carbocycles. The van der Waals surface area contributed by atoms with Gasteiger partial charge in [0.25, 0.3) is 0 Å². The molecule has 0 aromatic rings. The van der Waals surface area contributed by atoms with Crippen LogP contribution < -0.4 is 0 Å². The van der Waals surface area contributed by atoms with Crippen LogP contribution in [0.5, 0.6) is 0 Å². The molecule has 0 bridgehead atoms. The summed E-state index contributed by atoms with van der Waals surface area (Å²) in [6, 6.07) is 0. The second kappa shape index (κ2) is 21.1. The van der Waals surface area contributed by atoms with E-state index in [1.807, 2.05) is 64.2 Å². The van der Waals surface area contributed by atoms with Crippen LogP contribution in [0.15, 0.2) is 12.7 Å². The number of hydrogen-bond acceptors (Lipinski definition) is 0. The van der Waals surface area contributed by atoms with Gasteiger partial charge in [0, 0.05) is 0 Å². The number of rotatable bonds is 1. The first kappa shape index (κ1) is 19.1. The molecule has 10 radical (unpaired) electrons. The van der Waals surface area contributed by atoms with Gasteiger partial charge in [0.1, 0.15) is 0 Å². The maximum atomic E-state index is 4.64. The Kier molecular flexibility index (Phi) is 25.1. The average Bonchev–Trinajstić information content (AvgIpc) is 3.07. The topological polar surface area (TPSA) is 0 Å². The molecule has 2 saturated carbocycles. The average molecular weight is 269 g/mol. The van der Waals surface area contributed by atoms with Gasteiger partial charge in [-0.15, -0.1) is 12.7 Å². The predicted molar refractivity (Wildman–Crippen MR) is 69.0 cm³/mol. The first-order chi connectivity index (χ1) is 7.91. The summed E-state index contributed by atoms with van der Waals surface area (Å²) in [6.45, 7) is 6.90. The van der Waals surface area contributed by atoms with Crippen LogP contribution >= 0.6 is 9.30 Å².